The zero-order chi connectivity index (χ0) is 14.7. The number of anilines is 1. The Kier molecular flexibility index (Phi) is 4.42. The van der Waals surface area contributed by atoms with Crippen LogP contribution in [-0.2, 0) is 4.79 Å². The van der Waals surface area contributed by atoms with Gasteiger partial charge < -0.3 is 14.9 Å². The van der Waals surface area contributed by atoms with Crippen LogP contribution in [0.2, 0.25) is 0 Å². The number of carbonyl (C=O) groups is 2. The third kappa shape index (κ3) is 3.40. The van der Waals surface area contributed by atoms with Crippen molar-refractivity contribution in [3.8, 4) is 0 Å². The molecule has 0 fully saturated rings. The van der Waals surface area contributed by atoms with Crippen molar-refractivity contribution in [2.75, 3.05) is 32.6 Å². The fourth-order valence-corrected chi connectivity index (χ4v) is 1.48. The van der Waals surface area contributed by atoms with Crippen molar-refractivity contribution >= 4 is 17.6 Å². The van der Waals surface area contributed by atoms with E-state index in [1.165, 1.54) is 26.0 Å². The Labute approximate surface area is 109 Å². The third-order valence-corrected chi connectivity index (χ3v) is 2.52. The molecule has 1 aromatic carbocycles. The van der Waals surface area contributed by atoms with Gasteiger partial charge in [-0.15, -0.1) is 0 Å². The second-order valence-electron chi connectivity index (χ2n) is 4.24. The molecule has 0 aliphatic carbocycles. The molecular formula is C12H14F2N2O3. The number of carbonyl (C=O) groups excluding carboxylic acids is 1. The molecule has 0 atom stereocenters. The van der Waals surface area contributed by atoms with E-state index in [4.69, 9.17) is 5.11 Å². The van der Waals surface area contributed by atoms with Crippen molar-refractivity contribution in [2.45, 2.75) is 0 Å². The van der Waals surface area contributed by atoms with Gasteiger partial charge in [-0.2, -0.15) is 0 Å². The molecule has 5 nitrogen and oxygen atoms in total. The minimum Gasteiger partial charge on any atom is -0.478 e. The number of carboxylic acids is 1. The predicted molar refractivity (Wildman–Crippen MR) is 65.3 cm³/mol. The number of hydrogen-bond acceptors (Lipinski definition) is 3. The van der Waals surface area contributed by atoms with E-state index in [0.29, 0.717) is 0 Å². The zero-order valence-corrected chi connectivity index (χ0v) is 10.8. The van der Waals surface area contributed by atoms with Crippen LogP contribution in [0.25, 0.3) is 0 Å². The second kappa shape index (κ2) is 5.64. The lowest BCUT2D eigenvalue weighted by molar-refractivity contribution is -0.127. The van der Waals surface area contributed by atoms with Crippen LogP contribution in [0, 0.1) is 11.6 Å². The van der Waals surface area contributed by atoms with Gasteiger partial charge in [0.05, 0.1) is 12.1 Å². The number of amides is 1. The molecule has 7 heteroatoms. The van der Waals surface area contributed by atoms with E-state index in [1.54, 1.807) is 0 Å². The van der Waals surface area contributed by atoms with Crippen LogP contribution >= 0.6 is 0 Å². The lowest BCUT2D eigenvalue weighted by Crippen LogP contribution is -2.35. The maximum absolute atomic E-state index is 13.7. The van der Waals surface area contributed by atoms with E-state index < -0.39 is 28.9 Å². The van der Waals surface area contributed by atoms with Gasteiger partial charge in [0.25, 0.3) is 0 Å². The summed E-state index contributed by atoms with van der Waals surface area (Å²) < 4.78 is 27.4. The summed E-state index contributed by atoms with van der Waals surface area (Å²) in [5.41, 5.74) is -0.911. The van der Waals surface area contributed by atoms with Gasteiger partial charge in [0.1, 0.15) is 17.3 Å². The average molecular weight is 272 g/mol. The normalized spacial score (nSPS) is 10.2. The summed E-state index contributed by atoms with van der Waals surface area (Å²) in [4.78, 5) is 24.5. The van der Waals surface area contributed by atoms with Crippen molar-refractivity contribution in [3.05, 3.63) is 29.3 Å². The third-order valence-electron chi connectivity index (χ3n) is 2.52. The van der Waals surface area contributed by atoms with Crippen LogP contribution in [-0.4, -0.2) is 49.6 Å². The number of aromatic carboxylic acids is 1. The Morgan fingerprint density at radius 2 is 1.63 bits per heavy atom. The number of halogens is 2. The summed E-state index contributed by atoms with van der Waals surface area (Å²) in [5, 5.41) is 8.67. The lowest BCUT2D eigenvalue weighted by atomic mass is 10.1. The number of nitrogens with zero attached hydrogens (tertiary/aromatic N) is 2. The van der Waals surface area contributed by atoms with Gasteiger partial charge in [0.15, 0.2) is 0 Å². The van der Waals surface area contributed by atoms with Gasteiger partial charge in [0.2, 0.25) is 5.91 Å². The fraction of sp³-hybridized carbons (Fsp3) is 0.333. The van der Waals surface area contributed by atoms with Gasteiger partial charge in [-0.3, -0.25) is 4.79 Å². The summed E-state index contributed by atoms with van der Waals surface area (Å²) in [6.07, 6.45) is 0. The molecule has 19 heavy (non-hydrogen) atoms. The maximum Gasteiger partial charge on any atom is 0.335 e. The molecule has 0 heterocycles. The first-order chi connectivity index (χ1) is 8.73. The molecule has 0 aliphatic heterocycles. The highest BCUT2D eigenvalue weighted by Gasteiger charge is 2.19. The minimum absolute atomic E-state index is 0.215. The summed E-state index contributed by atoms with van der Waals surface area (Å²) in [5.74, 6) is -3.79. The van der Waals surface area contributed by atoms with Crippen LogP contribution in [0.5, 0.6) is 0 Å². The largest absolute Gasteiger partial charge is 0.478 e. The number of hydrogen-bond donors (Lipinski definition) is 1. The predicted octanol–water partition coefficient (Wildman–Crippen LogP) is 1.19. The molecule has 0 spiro atoms. The number of carboxylic acid groups (broad SMARTS) is 1. The van der Waals surface area contributed by atoms with Crippen LogP contribution < -0.4 is 4.90 Å². The van der Waals surface area contributed by atoms with Crippen LogP contribution in [0.4, 0.5) is 14.5 Å². The molecule has 1 amide bonds. The molecule has 1 N–H and O–H groups in total. The first-order valence-corrected chi connectivity index (χ1v) is 5.37. The molecule has 0 radical (unpaired) electrons. The molecule has 0 saturated heterocycles. The Balaban J connectivity index is 3.07. The number of benzene rings is 1. The topological polar surface area (TPSA) is 60.9 Å². The van der Waals surface area contributed by atoms with Crippen molar-refractivity contribution in [2.24, 2.45) is 0 Å². The second-order valence-corrected chi connectivity index (χ2v) is 4.24. The van der Waals surface area contributed by atoms with Crippen LogP contribution in [0.3, 0.4) is 0 Å². The smallest absolute Gasteiger partial charge is 0.335 e. The van der Waals surface area contributed by atoms with E-state index in [1.807, 2.05) is 0 Å². The molecule has 0 saturated carbocycles. The highest BCUT2D eigenvalue weighted by molar-refractivity contribution is 5.88. The standard InChI is InChI=1S/C12H14F2N2O3/c1-15(2)10(17)6-16(3)11-8(13)4-7(12(18)19)5-9(11)14/h4-5H,6H2,1-3H3,(H,18,19). The fourth-order valence-electron chi connectivity index (χ4n) is 1.48. The Morgan fingerprint density at radius 1 is 1.16 bits per heavy atom. The number of rotatable bonds is 4. The van der Waals surface area contributed by atoms with Crippen molar-refractivity contribution < 1.29 is 23.5 Å². The van der Waals surface area contributed by atoms with E-state index in [9.17, 15) is 18.4 Å². The molecule has 1 aromatic rings. The van der Waals surface area contributed by atoms with Gasteiger partial charge in [-0.05, 0) is 12.1 Å². The minimum atomic E-state index is -1.42. The van der Waals surface area contributed by atoms with E-state index >= 15 is 0 Å². The zero-order valence-electron chi connectivity index (χ0n) is 10.8. The molecule has 0 aromatic heterocycles. The highest BCUT2D eigenvalue weighted by Crippen LogP contribution is 2.24. The van der Waals surface area contributed by atoms with Gasteiger partial charge in [-0.25, -0.2) is 13.6 Å². The maximum atomic E-state index is 13.7. The van der Waals surface area contributed by atoms with Gasteiger partial charge >= 0.3 is 5.97 Å². The molecule has 0 bridgehead atoms. The highest BCUT2D eigenvalue weighted by atomic mass is 19.1. The van der Waals surface area contributed by atoms with Gasteiger partial charge in [0, 0.05) is 21.1 Å². The molecule has 104 valence electrons. The molecular weight excluding hydrogens is 258 g/mol. The van der Waals surface area contributed by atoms with E-state index in [2.05, 4.69) is 0 Å². The molecule has 1 rings (SSSR count). The first kappa shape index (κ1) is 14.9. The van der Waals surface area contributed by atoms with Gasteiger partial charge in [-0.1, -0.05) is 0 Å². The average Bonchev–Trinajstić information content (AvgIpc) is 2.27. The summed E-state index contributed by atoms with van der Waals surface area (Å²) in [6, 6.07) is 1.44. The summed E-state index contributed by atoms with van der Waals surface area (Å²) in [7, 11) is 4.40. The molecule has 0 unspecified atom stereocenters. The first-order valence-electron chi connectivity index (χ1n) is 5.37. The summed E-state index contributed by atoms with van der Waals surface area (Å²) in [6.45, 7) is -0.215. The van der Waals surface area contributed by atoms with Crippen molar-refractivity contribution in [1.82, 2.24) is 4.90 Å². The Bertz CT molecular complexity index is 495. The van der Waals surface area contributed by atoms with Crippen molar-refractivity contribution in [3.63, 3.8) is 0 Å². The van der Waals surface area contributed by atoms with E-state index in [0.717, 1.165) is 17.0 Å². The van der Waals surface area contributed by atoms with Crippen LogP contribution in [0.1, 0.15) is 10.4 Å². The Hall–Kier alpha value is -2.18. The summed E-state index contributed by atoms with van der Waals surface area (Å²) >= 11 is 0. The molecule has 0 aliphatic rings. The quantitative estimate of drug-likeness (QED) is 0.894. The van der Waals surface area contributed by atoms with Crippen molar-refractivity contribution in [1.29, 1.82) is 0 Å². The monoisotopic (exact) mass is 272 g/mol. The Morgan fingerprint density at radius 3 is 2.00 bits per heavy atom. The van der Waals surface area contributed by atoms with Crippen LogP contribution in [0.15, 0.2) is 12.1 Å². The number of likely N-dealkylation sites (N-methyl/N-ethyl adjacent to an activating group) is 2. The van der Waals surface area contributed by atoms with E-state index in [-0.39, 0.29) is 12.5 Å². The lowest BCUT2D eigenvalue weighted by Gasteiger charge is -2.22. The SMILES string of the molecule is CN(C)C(=O)CN(C)c1c(F)cc(C(=O)O)cc1F.